The van der Waals surface area contributed by atoms with Gasteiger partial charge in [0.15, 0.2) is 6.10 Å². The van der Waals surface area contributed by atoms with Gasteiger partial charge in [-0.2, -0.15) is 0 Å². The quantitative estimate of drug-likeness (QED) is 0.438. The third-order valence-corrected chi connectivity index (χ3v) is 11.1. The number of hydrogen-bond donors (Lipinski definition) is 5. The Morgan fingerprint density at radius 1 is 1.03 bits per heavy atom. The van der Waals surface area contributed by atoms with E-state index < -0.39 is 24.3 Å². The van der Waals surface area contributed by atoms with E-state index in [0.29, 0.717) is 6.42 Å². The summed E-state index contributed by atoms with van der Waals surface area (Å²) in [7, 11) is 0. The highest BCUT2D eigenvalue weighted by molar-refractivity contribution is 5.71. The van der Waals surface area contributed by atoms with Gasteiger partial charge in [-0.1, -0.05) is 34.1 Å². The third-order valence-electron chi connectivity index (χ3n) is 11.1. The molecule has 184 valence electrons. The minimum Gasteiger partial charge on any atom is -0.479 e. The summed E-state index contributed by atoms with van der Waals surface area (Å²) >= 11 is 0. The zero-order chi connectivity index (χ0) is 23.6. The second kappa shape index (κ2) is 8.51. The van der Waals surface area contributed by atoms with Crippen LogP contribution in [0.5, 0.6) is 0 Å². The molecule has 0 aliphatic heterocycles. The van der Waals surface area contributed by atoms with Crippen LogP contribution in [-0.2, 0) is 4.79 Å². The Kier molecular flexibility index (Phi) is 6.50. The van der Waals surface area contributed by atoms with E-state index in [-0.39, 0.29) is 64.8 Å². The molecular formula is C26H44O6. The second-order valence-electron chi connectivity index (χ2n) is 12.3. The number of carboxylic acid groups (broad SMARTS) is 1. The van der Waals surface area contributed by atoms with E-state index in [9.17, 15) is 30.3 Å². The first-order chi connectivity index (χ1) is 15.0. The number of aliphatic hydroxyl groups excluding tert-OH is 4. The average Bonchev–Trinajstić information content (AvgIpc) is 3.09. The molecule has 0 aromatic heterocycles. The third kappa shape index (κ3) is 3.47. The summed E-state index contributed by atoms with van der Waals surface area (Å²) in [5.41, 5.74) is -0.356. The molecule has 4 saturated carbocycles. The normalized spacial score (nSPS) is 52.4. The largest absolute Gasteiger partial charge is 0.479 e. The molecule has 13 atom stereocenters. The Labute approximate surface area is 192 Å². The van der Waals surface area contributed by atoms with Crippen LogP contribution in [0.1, 0.15) is 79.1 Å². The first kappa shape index (κ1) is 24.4. The average molecular weight is 453 g/mol. The lowest BCUT2D eigenvalue weighted by molar-refractivity contribution is -0.228. The fraction of sp³-hybridized carbons (Fsp3) is 0.962. The van der Waals surface area contributed by atoms with Gasteiger partial charge in [0.1, 0.15) is 0 Å². The van der Waals surface area contributed by atoms with Crippen molar-refractivity contribution in [1.82, 2.24) is 0 Å². The van der Waals surface area contributed by atoms with Crippen molar-refractivity contribution in [3.63, 3.8) is 0 Å². The van der Waals surface area contributed by atoms with Crippen molar-refractivity contribution in [2.24, 2.45) is 52.3 Å². The van der Waals surface area contributed by atoms with Gasteiger partial charge in [-0.3, -0.25) is 0 Å². The second-order valence-corrected chi connectivity index (χ2v) is 12.3. The molecule has 0 radical (unpaired) electrons. The SMILES string of the molecule is CC[C@H]1C(O)C2C3CC[C@H]([C@H](C)C[C@@H](O)C(=O)O)[C@@]3(C)[C@@H](O)CC2[C@@]2(C)CC[C@@H](O)C[C@@H]12. The number of rotatable bonds is 5. The fourth-order valence-electron chi connectivity index (χ4n) is 9.51. The summed E-state index contributed by atoms with van der Waals surface area (Å²) < 4.78 is 0. The number of fused-ring (bicyclic) bond motifs is 5. The Morgan fingerprint density at radius 3 is 2.34 bits per heavy atom. The summed E-state index contributed by atoms with van der Waals surface area (Å²) in [6.45, 7) is 8.67. The highest BCUT2D eigenvalue weighted by Gasteiger charge is 2.67. The van der Waals surface area contributed by atoms with E-state index in [2.05, 4.69) is 20.8 Å². The van der Waals surface area contributed by atoms with Crippen molar-refractivity contribution in [2.45, 2.75) is 103 Å². The van der Waals surface area contributed by atoms with Gasteiger partial charge in [-0.15, -0.1) is 0 Å². The van der Waals surface area contributed by atoms with Gasteiger partial charge < -0.3 is 25.5 Å². The van der Waals surface area contributed by atoms with Gasteiger partial charge in [-0.25, -0.2) is 4.79 Å². The lowest BCUT2D eigenvalue weighted by Crippen LogP contribution is -2.65. The molecule has 0 saturated heterocycles. The van der Waals surface area contributed by atoms with Crippen LogP contribution in [0.4, 0.5) is 0 Å². The number of carboxylic acids is 1. The van der Waals surface area contributed by atoms with Gasteiger partial charge in [-0.05, 0) is 97.2 Å². The maximum Gasteiger partial charge on any atom is 0.332 e. The Bertz CT molecular complexity index is 712. The molecule has 6 heteroatoms. The van der Waals surface area contributed by atoms with Crippen LogP contribution in [0.15, 0.2) is 0 Å². The summed E-state index contributed by atoms with van der Waals surface area (Å²) in [5, 5.41) is 52.9. The first-order valence-electron chi connectivity index (χ1n) is 12.9. The van der Waals surface area contributed by atoms with Crippen molar-refractivity contribution >= 4 is 5.97 Å². The zero-order valence-electron chi connectivity index (χ0n) is 20.2. The van der Waals surface area contributed by atoms with Gasteiger partial charge in [0.2, 0.25) is 0 Å². The highest BCUT2D eigenvalue weighted by atomic mass is 16.4. The van der Waals surface area contributed by atoms with Crippen LogP contribution < -0.4 is 0 Å². The van der Waals surface area contributed by atoms with E-state index in [1.54, 1.807) is 0 Å². The van der Waals surface area contributed by atoms with Crippen LogP contribution in [0.3, 0.4) is 0 Å². The molecule has 4 fully saturated rings. The Morgan fingerprint density at radius 2 is 1.72 bits per heavy atom. The molecule has 0 spiro atoms. The minimum absolute atomic E-state index is 0.0156. The minimum atomic E-state index is -1.38. The predicted molar refractivity (Wildman–Crippen MR) is 121 cm³/mol. The highest BCUT2D eigenvalue weighted by Crippen LogP contribution is 2.69. The number of aliphatic carboxylic acids is 1. The number of hydrogen-bond acceptors (Lipinski definition) is 5. The standard InChI is InChI=1S/C26H44O6/c1-5-15-18-11-14(27)8-9-25(18,3)19-12-21(29)26(4)16(13(2)10-20(28)24(31)32)6-7-17(26)22(19)23(15)30/h13-23,27-30H,5-12H2,1-4H3,(H,31,32)/t13-,14-,15-,16-,17?,18+,19?,20-,21+,22?,23?,25+,26-/m1/s1. The molecule has 6 nitrogen and oxygen atoms in total. The number of aliphatic hydroxyl groups is 4. The van der Waals surface area contributed by atoms with Crippen molar-refractivity contribution in [1.29, 1.82) is 0 Å². The topological polar surface area (TPSA) is 118 Å². The lowest BCUT2D eigenvalue weighted by Gasteiger charge is -2.65. The van der Waals surface area contributed by atoms with Crippen LogP contribution in [0.2, 0.25) is 0 Å². The molecule has 0 aromatic carbocycles. The lowest BCUT2D eigenvalue weighted by atomic mass is 9.41. The molecule has 0 heterocycles. The molecule has 0 bridgehead atoms. The molecule has 0 aromatic rings. The molecule has 5 N–H and O–H groups in total. The Hall–Kier alpha value is -0.690. The predicted octanol–water partition coefficient (Wildman–Crippen LogP) is 3.06. The first-order valence-corrected chi connectivity index (χ1v) is 12.9. The molecule has 4 aliphatic rings. The van der Waals surface area contributed by atoms with Gasteiger partial charge >= 0.3 is 5.97 Å². The smallest absolute Gasteiger partial charge is 0.332 e. The van der Waals surface area contributed by atoms with Crippen LogP contribution in [0, 0.1) is 52.3 Å². The van der Waals surface area contributed by atoms with Crippen molar-refractivity contribution in [3.8, 4) is 0 Å². The number of carbonyl (C=O) groups is 1. The summed E-state index contributed by atoms with van der Waals surface area (Å²) in [6.07, 6.45) is 3.50. The summed E-state index contributed by atoms with van der Waals surface area (Å²) in [5.74, 6) is -0.0587. The van der Waals surface area contributed by atoms with Crippen LogP contribution in [0.25, 0.3) is 0 Å². The van der Waals surface area contributed by atoms with E-state index in [0.717, 1.165) is 38.5 Å². The van der Waals surface area contributed by atoms with E-state index in [1.165, 1.54) is 0 Å². The van der Waals surface area contributed by atoms with E-state index >= 15 is 0 Å². The van der Waals surface area contributed by atoms with Crippen molar-refractivity contribution in [2.75, 3.05) is 0 Å². The summed E-state index contributed by atoms with van der Waals surface area (Å²) in [6, 6.07) is 0. The Balaban J connectivity index is 1.66. The molecular weight excluding hydrogens is 408 g/mol. The zero-order valence-corrected chi connectivity index (χ0v) is 20.2. The molecule has 4 aliphatic carbocycles. The van der Waals surface area contributed by atoms with Crippen LogP contribution in [-0.4, -0.2) is 55.9 Å². The monoisotopic (exact) mass is 452 g/mol. The maximum atomic E-state index is 11.7. The molecule has 4 rings (SSSR count). The maximum absolute atomic E-state index is 11.7. The molecule has 0 amide bonds. The molecule has 32 heavy (non-hydrogen) atoms. The van der Waals surface area contributed by atoms with Gasteiger partial charge in [0.25, 0.3) is 0 Å². The van der Waals surface area contributed by atoms with Crippen molar-refractivity contribution in [3.05, 3.63) is 0 Å². The van der Waals surface area contributed by atoms with Gasteiger partial charge in [0.05, 0.1) is 18.3 Å². The summed E-state index contributed by atoms with van der Waals surface area (Å²) in [4.78, 5) is 11.2. The van der Waals surface area contributed by atoms with Crippen LogP contribution >= 0.6 is 0 Å². The molecule has 4 unspecified atom stereocenters. The van der Waals surface area contributed by atoms with Gasteiger partial charge in [0, 0.05) is 0 Å². The van der Waals surface area contributed by atoms with Crippen molar-refractivity contribution < 1.29 is 30.3 Å². The fourth-order valence-corrected chi connectivity index (χ4v) is 9.51. The van der Waals surface area contributed by atoms with E-state index in [4.69, 9.17) is 0 Å². The van der Waals surface area contributed by atoms with E-state index in [1.807, 2.05) is 6.92 Å².